The molecular formula is C16H18ClN2O6PS. The minimum Gasteiger partial charge on any atom is -0.404 e. The maximum absolute atomic E-state index is 12.6. The first-order valence-electron chi connectivity index (χ1n) is 8.08. The lowest BCUT2D eigenvalue weighted by molar-refractivity contribution is 0.0301. The van der Waals surface area contributed by atoms with Crippen molar-refractivity contribution in [2.75, 3.05) is 13.7 Å². The standard InChI is InChI=1S/C16H18ClN2O6PS/c1-22-13(4-6-19-7-5-15(27)18-16(19)20)10-24-26(21)23-9-11-8-12(17)2-3-14(11)25-26/h2-3,5,7-8,13H,4,6,9-10H2,1H3,(H,18,20,27). The normalized spacial score (nSPS) is 19.9. The van der Waals surface area contributed by atoms with E-state index in [1.165, 1.54) is 11.7 Å². The van der Waals surface area contributed by atoms with Crippen LogP contribution in [0.4, 0.5) is 0 Å². The predicted octanol–water partition coefficient (Wildman–Crippen LogP) is 3.70. The van der Waals surface area contributed by atoms with Gasteiger partial charge < -0.3 is 13.8 Å². The number of phosphoric ester groups is 1. The highest BCUT2D eigenvalue weighted by molar-refractivity contribution is 7.71. The largest absolute Gasteiger partial charge is 0.530 e. The van der Waals surface area contributed by atoms with Gasteiger partial charge in [-0.05, 0) is 30.7 Å². The summed E-state index contributed by atoms with van der Waals surface area (Å²) in [6.45, 7) is 0.428. The van der Waals surface area contributed by atoms with Gasteiger partial charge in [0.25, 0.3) is 0 Å². The quantitative estimate of drug-likeness (QED) is 0.526. The Balaban J connectivity index is 1.57. The van der Waals surface area contributed by atoms with Crippen LogP contribution in [-0.4, -0.2) is 29.4 Å². The average Bonchev–Trinajstić information content (AvgIpc) is 2.63. The highest BCUT2D eigenvalue weighted by Crippen LogP contribution is 2.54. The summed E-state index contributed by atoms with van der Waals surface area (Å²) in [6.07, 6.45) is 1.64. The first kappa shape index (κ1) is 20.3. The number of fused-ring (bicyclic) bond motifs is 1. The maximum Gasteiger partial charge on any atom is 0.530 e. The Morgan fingerprint density at radius 2 is 2.26 bits per heavy atom. The van der Waals surface area contributed by atoms with E-state index in [2.05, 4.69) is 4.98 Å². The number of H-pyrrole nitrogens is 1. The summed E-state index contributed by atoms with van der Waals surface area (Å²) in [5, 5.41) is 0.537. The lowest BCUT2D eigenvalue weighted by atomic mass is 10.2. The lowest BCUT2D eigenvalue weighted by Crippen LogP contribution is -2.27. The lowest BCUT2D eigenvalue weighted by Gasteiger charge is -2.26. The summed E-state index contributed by atoms with van der Waals surface area (Å²) in [5.74, 6) is 0.411. The molecule has 11 heteroatoms. The van der Waals surface area contributed by atoms with Crippen molar-refractivity contribution < 1.29 is 22.9 Å². The van der Waals surface area contributed by atoms with Crippen LogP contribution in [0, 0.1) is 4.64 Å². The van der Waals surface area contributed by atoms with Gasteiger partial charge in [-0.2, -0.15) is 0 Å². The number of aromatic nitrogens is 2. The van der Waals surface area contributed by atoms with Crippen LogP contribution in [0.15, 0.2) is 35.3 Å². The third-order valence-corrected chi connectivity index (χ3v) is 5.76. The fourth-order valence-corrected chi connectivity index (χ4v) is 4.04. The highest BCUT2D eigenvalue weighted by atomic mass is 35.5. The summed E-state index contributed by atoms with van der Waals surface area (Å²) < 4.78 is 35.9. The van der Waals surface area contributed by atoms with Gasteiger partial charge in [0, 0.05) is 30.4 Å². The highest BCUT2D eigenvalue weighted by Gasteiger charge is 2.35. The van der Waals surface area contributed by atoms with Gasteiger partial charge in [-0.25, -0.2) is 9.36 Å². The van der Waals surface area contributed by atoms with Gasteiger partial charge in [0.15, 0.2) is 0 Å². The van der Waals surface area contributed by atoms with Gasteiger partial charge in [-0.1, -0.05) is 23.8 Å². The molecule has 1 N–H and O–H groups in total. The van der Waals surface area contributed by atoms with Gasteiger partial charge in [-0.3, -0.25) is 14.0 Å². The summed E-state index contributed by atoms with van der Waals surface area (Å²) >= 11 is 10.8. The molecule has 0 bridgehead atoms. The molecular weight excluding hydrogens is 415 g/mol. The molecule has 27 heavy (non-hydrogen) atoms. The van der Waals surface area contributed by atoms with E-state index >= 15 is 0 Å². The number of phosphoric acid groups is 1. The van der Waals surface area contributed by atoms with E-state index in [0.29, 0.717) is 33.9 Å². The van der Waals surface area contributed by atoms with E-state index in [9.17, 15) is 9.36 Å². The number of nitrogens with zero attached hydrogens (tertiary/aromatic N) is 1. The van der Waals surface area contributed by atoms with Crippen molar-refractivity contribution >= 4 is 31.6 Å². The van der Waals surface area contributed by atoms with Crippen LogP contribution in [0.5, 0.6) is 5.75 Å². The molecule has 1 aromatic heterocycles. The number of aryl methyl sites for hydroxylation is 1. The molecule has 2 atom stereocenters. The topological polar surface area (TPSA) is 91.8 Å². The smallest absolute Gasteiger partial charge is 0.404 e. The molecule has 0 fully saturated rings. The number of halogens is 1. The number of aromatic amines is 1. The van der Waals surface area contributed by atoms with Crippen LogP contribution in [-0.2, 0) is 31.5 Å². The van der Waals surface area contributed by atoms with Crippen LogP contribution < -0.4 is 10.2 Å². The van der Waals surface area contributed by atoms with Gasteiger partial charge in [0.1, 0.15) is 10.4 Å². The molecule has 1 aliphatic rings. The number of hydrogen-bond acceptors (Lipinski definition) is 7. The maximum atomic E-state index is 12.6. The van der Waals surface area contributed by atoms with E-state index in [4.69, 9.17) is 42.1 Å². The Bertz CT molecular complexity index is 978. The zero-order valence-corrected chi connectivity index (χ0v) is 16.9. The first-order chi connectivity index (χ1) is 12.9. The van der Waals surface area contributed by atoms with Gasteiger partial charge >= 0.3 is 13.5 Å². The Morgan fingerprint density at radius 3 is 3.00 bits per heavy atom. The molecule has 0 saturated heterocycles. The SMILES string of the molecule is COC(CCn1ccc(=S)[nH]c1=O)COP1(=O)OCc2cc(Cl)ccc2O1. The van der Waals surface area contributed by atoms with Gasteiger partial charge in [-0.15, -0.1) is 0 Å². The summed E-state index contributed by atoms with van der Waals surface area (Å²) in [4.78, 5) is 14.4. The van der Waals surface area contributed by atoms with Crippen LogP contribution in [0.1, 0.15) is 12.0 Å². The Morgan fingerprint density at radius 1 is 1.44 bits per heavy atom. The van der Waals surface area contributed by atoms with Crippen molar-refractivity contribution in [2.24, 2.45) is 0 Å². The van der Waals surface area contributed by atoms with Gasteiger partial charge in [0.2, 0.25) is 0 Å². The third-order valence-electron chi connectivity index (χ3n) is 3.95. The minimum absolute atomic E-state index is 0.0196. The zero-order chi connectivity index (χ0) is 19.4. The molecule has 1 aliphatic heterocycles. The number of benzene rings is 1. The van der Waals surface area contributed by atoms with Crippen LogP contribution >= 0.6 is 31.6 Å². The van der Waals surface area contributed by atoms with Crippen LogP contribution in [0.25, 0.3) is 0 Å². The Labute approximate surface area is 165 Å². The van der Waals surface area contributed by atoms with Gasteiger partial charge in [0.05, 0.1) is 19.3 Å². The molecule has 146 valence electrons. The number of rotatable bonds is 7. The summed E-state index contributed by atoms with van der Waals surface area (Å²) in [6, 6.07) is 6.56. The molecule has 2 unspecified atom stereocenters. The third kappa shape index (κ3) is 5.28. The summed E-state index contributed by atoms with van der Waals surface area (Å²) in [7, 11) is -2.25. The van der Waals surface area contributed by atoms with Crippen molar-refractivity contribution in [1.82, 2.24) is 9.55 Å². The number of nitrogens with one attached hydrogen (secondary N) is 1. The number of ether oxygens (including phenoxy) is 1. The fourth-order valence-electron chi connectivity index (χ4n) is 2.46. The molecule has 0 amide bonds. The summed E-state index contributed by atoms with van der Waals surface area (Å²) in [5.41, 5.74) is 0.391. The van der Waals surface area contributed by atoms with Crippen molar-refractivity contribution in [3.8, 4) is 5.75 Å². The van der Waals surface area contributed by atoms with Crippen LogP contribution in [0.3, 0.4) is 0 Å². The molecule has 2 heterocycles. The Kier molecular flexibility index (Phi) is 6.52. The molecule has 3 rings (SSSR count). The second-order valence-corrected chi connectivity index (χ2v) is 8.28. The van der Waals surface area contributed by atoms with E-state index in [0.717, 1.165) is 0 Å². The zero-order valence-electron chi connectivity index (χ0n) is 14.4. The van der Waals surface area contributed by atoms with Crippen molar-refractivity contribution in [2.45, 2.75) is 25.7 Å². The molecule has 0 radical (unpaired) electrons. The molecule has 1 aromatic carbocycles. The predicted molar refractivity (Wildman–Crippen MR) is 102 cm³/mol. The van der Waals surface area contributed by atoms with Crippen molar-refractivity contribution in [1.29, 1.82) is 0 Å². The minimum atomic E-state index is -3.75. The van der Waals surface area contributed by atoms with Crippen molar-refractivity contribution in [3.63, 3.8) is 0 Å². The van der Waals surface area contributed by atoms with Crippen LogP contribution in [0.2, 0.25) is 5.02 Å². The second kappa shape index (κ2) is 8.68. The molecule has 8 nitrogen and oxygen atoms in total. The average molecular weight is 433 g/mol. The molecule has 0 spiro atoms. The fraction of sp³-hybridized carbons (Fsp3) is 0.375. The van der Waals surface area contributed by atoms with E-state index < -0.39 is 13.9 Å². The number of methoxy groups -OCH3 is 1. The van der Waals surface area contributed by atoms with Crippen molar-refractivity contribution in [3.05, 3.63) is 56.2 Å². The van der Waals surface area contributed by atoms with E-state index in [1.54, 1.807) is 30.5 Å². The molecule has 0 aliphatic carbocycles. The Hall–Kier alpha value is -1.48. The van der Waals surface area contributed by atoms with E-state index in [-0.39, 0.29) is 18.9 Å². The number of hydrogen-bond donors (Lipinski definition) is 1. The molecule has 0 saturated carbocycles. The first-order valence-corrected chi connectivity index (χ1v) is 10.3. The second-order valence-electron chi connectivity index (χ2n) is 5.81. The van der Waals surface area contributed by atoms with E-state index in [1.807, 2.05) is 0 Å². The molecule has 2 aromatic rings. The monoisotopic (exact) mass is 432 g/mol.